The maximum Gasteiger partial charge on any atom is 0.179 e. The minimum Gasteiger partial charge on any atom is -0.289 e. The van der Waals surface area contributed by atoms with E-state index in [2.05, 4.69) is 33.0 Å². The Balaban J connectivity index is 1.73. The smallest absolute Gasteiger partial charge is 0.179 e. The maximum atomic E-state index is 10.8. The average Bonchev–Trinajstić information content (AvgIpc) is 3.29. The zero-order valence-electron chi connectivity index (χ0n) is 17.8. The van der Waals surface area contributed by atoms with Crippen molar-refractivity contribution in [1.29, 1.82) is 10.5 Å². The van der Waals surface area contributed by atoms with Gasteiger partial charge in [0, 0.05) is 22.5 Å². The van der Waals surface area contributed by atoms with Crippen molar-refractivity contribution in [2.75, 3.05) is 13.6 Å². The summed E-state index contributed by atoms with van der Waals surface area (Å²) in [6, 6.07) is 28.7. The number of aromatic nitrogens is 2. The highest BCUT2D eigenvalue weighted by Gasteiger charge is 2.70. The maximum absolute atomic E-state index is 10.8. The van der Waals surface area contributed by atoms with Crippen LogP contribution >= 0.6 is 15.9 Å². The Bertz CT molecular complexity index is 1500. The van der Waals surface area contributed by atoms with Crippen molar-refractivity contribution in [2.45, 2.75) is 11.5 Å². The summed E-state index contributed by atoms with van der Waals surface area (Å²) in [7, 11) is 1.99. The average molecular weight is 492 g/mol. The summed E-state index contributed by atoms with van der Waals surface area (Å²) in [5, 5.41) is 21.5. The van der Waals surface area contributed by atoms with Gasteiger partial charge in [-0.2, -0.15) is 10.5 Å². The Hall–Kier alpha value is -3.58. The summed E-state index contributed by atoms with van der Waals surface area (Å²) < 4.78 is 0.959. The number of nitriles is 2. The topological polar surface area (TPSA) is 76.6 Å². The van der Waals surface area contributed by atoms with Crippen molar-refractivity contribution in [3.63, 3.8) is 0 Å². The highest BCUT2D eigenvalue weighted by Crippen LogP contribution is 2.65. The zero-order valence-corrected chi connectivity index (χ0v) is 19.4. The number of benzene rings is 3. The summed E-state index contributed by atoms with van der Waals surface area (Å²) >= 11 is 3.50. The number of likely N-dealkylation sites (N-methyl/N-ethyl adjacent to an activating group) is 1. The van der Waals surface area contributed by atoms with Crippen molar-refractivity contribution in [3.8, 4) is 23.4 Å². The van der Waals surface area contributed by atoms with E-state index in [1.165, 1.54) is 0 Å². The van der Waals surface area contributed by atoms with E-state index in [4.69, 9.17) is 9.97 Å². The second kappa shape index (κ2) is 6.96. The van der Waals surface area contributed by atoms with E-state index >= 15 is 0 Å². The molecule has 0 radical (unpaired) electrons. The molecule has 0 amide bonds. The number of para-hydroxylation sites is 2. The molecule has 1 aliphatic heterocycles. The number of rotatable bonds is 1. The van der Waals surface area contributed by atoms with Gasteiger partial charge in [0.15, 0.2) is 5.41 Å². The molecule has 2 atom stereocenters. The van der Waals surface area contributed by atoms with Gasteiger partial charge in [-0.1, -0.05) is 64.5 Å². The highest BCUT2D eigenvalue weighted by atomic mass is 79.9. The fourth-order valence-electron chi connectivity index (χ4n) is 5.85. The Morgan fingerprint density at radius 3 is 2.24 bits per heavy atom. The third kappa shape index (κ3) is 2.37. The summed E-state index contributed by atoms with van der Waals surface area (Å²) in [5.41, 5.74) is 3.39. The van der Waals surface area contributed by atoms with Crippen LogP contribution < -0.4 is 0 Å². The van der Waals surface area contributed by atoms with E-state index in [1.54, 1.807) is 0 Å². The predicted molar refractivity (Wildman–Crippen MR) is 129 cm³/mol. The first kappa shape index (κ1) is 20.1. The number of likely N-dealkylation sites (tertiary alicyclic amines) is 1. The molecule has 1 fully saturated rings. The van der Waals surface area contributed by atoms with Crippen LogP contribution in [0.3, 0.4) is 0 Å². The number of nitrogens with zero attached hydrogens (tertiary/aromatic N) is 5. The molecule has 1 saturated heterocycles. The summed E-state index contributed by atoms with van der Waals surface area (Å²) in [6.45, 7) is 0.547. The Labute approximate surface area is 200 Å². The van der Waals surface area contributed by atoms with Crippen LogP contribution in [0.25, 0.3) is 22.3 Å². The van der Waals surface area contributed by atoms with Crippen LogP contribution in [-0.2, 0) is 5.54 Å². The molecule has 0 N–H and O–H groups in total. The van der Waals surface area contributed by atoms with Gasteiger partial charge in [-0.25, -0.2) is 9.97 Å². The van der Waals surface area contributed by atoms with Gasteiger partial charge in [0.25, 0.3) is 0 Å². The summed E-state index contributed by atoms with van der Waals surface area (Å²) in [6.07, 6.45) is 0. The van der Waals surface area contributed by atoms with Crippen molar-refractivity contribution in [2.24, 2.45) is 5.41 Å². The quantitative estimate of drug-likeness (QED) is 0.357. The molecular formula is C27H18BrN5. The molecule has 1 spiro atoms. The van der Waals surface area contributed by atoms with Crippen molar-refractivity contribution in [3.05, 3.63) is 94.1 Å². The van der Waals surface area contributed by atoms with E-state index in [-0.39, 0.29) is 5.92 Å². The Morgan fingerprint density at radius 2 is 1.55 bits per heavy atom. The van der Waals surface area contributed by atoms with Gasteiger partial charge < -0.3 is 0 Å². The Kier molecular flexibility index (Phi) is 4.23. The van der Waals surface area contributed by atoms with Crippen LogP contribution in [0.15, 0.2) is 77.3 Å². The van der Waals surface area contributed by atoms with Crippen LogP contribution in [0.4, 0.5) is 0 Å². The molecule has 33 heavy (non-hydrogen) atoms. The van der Waals surface area contributed by atoms with Gasteiger partial charge in [-0.05, 0) is 42.4 Å². The van der Waals surface area contributed by atoms with Gasteiger partial charge in [-0.15, -0.1) is 0 Å². The predicted octanol–water partition coefficient (Wildman–Crippen LogP) is 5.38. The molecule has 3 aromatic carbocycles. The van der Waals surface area contributed by atoms with Crippen LogP contribution in [-0.4, -0.2) is 28.5 Å². The molecule has 5 nitrogen and oxygen atoms in total. The number of halogens is 1. The Morgan fingerprint density at radius 1 is 0.909 bits per heavy atom. The van der Waals surface area contributed by atoms with Gasteiger partial charge >= 0.3 is 0 Å². The number of fused-ring (bicyclic) bond motifs is 6. The molecule has 2 aliphatic rings. The lowest BCUT2D eigenvalue weighted by Gasteiger charge is -2.40. The van der Waals surface area contributed by atoms with Crippen LogP contribution in [0.1, 0.15) is 22.7 Å². The minimum atomic E-state index is -1.39. The van der Waals surface area contributed by atoms with Crippen LogP contribution in [0.2, 0.25) is 0 Å². The molecule has 0 saturated carbocycles. The van der Waals surface area contributed by atoms with Crippen LogP contribution in [0.5, 0.6) is 0 Å². The highest BCUT2D eigenvalue weighted by molar-refractivity contribution is 9.10. The molecule has 6 rings (SSSR count). The van der Waals surface area contributed by atoms with E-state index in [0.717, 1.165) is 37.9 Å². The molecule has 0 unspecified atom stereocenters. The molecule has 1 aromatic heterocycles. The first-order valence-electron chi connectivity index (χ1n) is 10.7. The lowest BCUT2D eigenvalue weighted by atomic mass is 9.62. The number of hydrogen-bond donors (Lipinski definition) is 0. The minimum absolute atomic E-state index is 0.321. The SMILES string of the molecule is CN1C[C@H](c2ccc(Br)cc2)C(C#N)(C#N)[C@]12c1ccccc1-c1nc3ccccc3nc12. The lowest BCUT2D eigenvalue weighted by molar-refractivity contribution is 0.165. The van der Waals surface area contributed by atoms with E-state index in [0.29, 0.717) is 12.2 Å². The first-order chi connectivity index (χ1) is 16.1. The molecule has 6 heteroatoms. The lowest BCUT2D eigenvalue weighted by Crippen LogP contribution is -2.49. The monoisotopic (exact) mass is 491 g/mol. The van der Waals surface area contributed by atoms with Crippen molar-refractivity contribution >= 4 is 27.0 Å². The van der Waals surface area contributed by atoms with Crippen molar-refractivity contribution in [1.82, 2.24) is 14.9 Å². The van der Waals surface area contributed by atoms with E-state index in [9.17, 15) is 10.5 Å². The third-order valence-electron chi connectivity index (χ3n) is 7.23. The molecule has 158 valence electrons. The molecule has 2 heterocycles. The fourth-order valence-corrected chi connectivity index (χ4v) is 6.12. The molecule has 1 aliphatic carbocycles. The summed E-state index contributed by atoms with van der Waals surface area (Å²) in [4.78, 5) is 12.2. The van der Waals surface area contributed by atoms with E-state index < -0.39 is 11.0 Å². The van der Waals surface area contributed by atoms with Gasteiger partial charge in [0.2, 0.25) is 0 Å². The largest absolute Gasteiger partial charge is 0.289 e. The van der Waals surface area contributed by atoms with Crippen molar-refractivity contribution < 1.29 is 0 Å². The van der Waals surface area contributed by atoms with Gasteiger partial charge in [0.1, 0.15) is 5.54 Å². The summed E-state index contributed by atoms with van der Waals surface area (Å²) in [5.74, 6) is -0.321. The molecule has 0 bridgehead atoms. The van der Waals surface area contributed by atoms with Gasteiger partial charge in [0.05, 0.1) is 34.6 Å². The van der Waals surface area contributed by atoms with Crippen LogP contribution in [0, 0.1) is 28.1 Å². The van der Waals surface area contributed by atoms with E-state index in [1.807, 2.05) is 79.8 Å². The third-order valence-corrected chi connectivity index (χ3v) is 7.76. The molecular weight excluding hydrogens is 474 g/mol. The second-order valence-electron chi connectivity index (χ2n) is 8.68. The number of hydrogen-bond acceptors (Lipinski definition) is 5. The zero-order chi connectivity index (χ0) is 22.8. The first-order valence-corrected chi connectivity index (χ1v) is 11.5. The standard InChI is InChI=1S/C27H18BrN5/c1-33-14-21(17-10-12-18(28)13-11-17)26(15-29,16-30)27(33)20-7-3-2-6-19(20)24-25(27)32-23-9-5-4-8-22(23)31-24/h2-13,21H,14H2,1H3/t21-,27-/m1/s1. The van der Waals surface area contributed by atoms with Gasteiger partial charge in [-0.3, -0.25) is 4.90 Å². The fraction of sp³-hybridized carbons (Fsp3) is 0.185. The second-order valence-corrected chi connectivity index (χ2v) is 9.60. The normalized spacial score (nSPS) is 22.6. The molecule has 4 aromatic rings.